The minimum atomic E-state index is -0.267. The average Bonchev–Trinajstić information content (AvgIpc) is 3.01. The summed E-state index contributed by atoms with van der Waals surface area (Å²) in [6.07, 6.45) is 5.11. The lowest BCUT2D eigenvalue weighted by Crippen LogP contribution is -1.92. The molecule has 5 heteroatoms. The van der Waals surface area contributed by atoms with Gasteiger partial charge < -0.3 is 5.73 Å². The molecule has 2 N–H and O–H groups in total. The summed E-state index contributed by atoms with van der Waals surface area (Å²) < 4.78 is 14.7. The molecule has 1 aromatic carbocycles. The van der Waals surface area contributed by atoms with Crippen LogP contribution in [0.2, 0.25) is 0 Å². The quantitative estimate of drug-likeness (QED) is 0.901. The Kier molecular flexibility index (Phi) is 3.75. The molecule has 3 rings (SSSR count). The molecule has 1 aromatic heterocycles. The normalized spacial score (nSPS) is 16.1. The highest BCUT2D eigenvalue weighted by atomic mass is 32.2. The molecule has 0 bridgehead atoms. The van der Waals surface area contributed by atoms with Gasteiger partial charge in [-0.2, -0.15) is 0 Å². The van der Waals surface area contributed by atoms with Crippen molar-refractivity contribution in [2.75, 3.05) is 5.73 Å². The van der Waals surface area contributed by atoms with Crippen LogP contribution in [0, 0.1) is 5.82 Å². The maximum absolute atomic E-state index is 13.8. The van der Waals surface area contributed by atoms with Gasteiger partial charge in [0.1, 0.15) is 16.5 Å². The Hall–Kier alpha value is -1.07. The van der Waals surface area contributed by atoms with Crippen LogP contribution >= 0.6 is 23.1 Å². The van der Waals surface area contributed by atoms with E-state index in [2.05, 4.69) is 4.98 Å². The van der Waals surface area contributed by atoms with Crippen LogP contribution < -0.4 is 5.73 Å². The third-order valence-electron chi connectivity index (χ3n) is 3.33. The van der Waals surface area contributed by atoms with Crippen LogP contribution in [0.5, 0.6) is 0 Å². The van der Waals surface area contributed by atoms with Crippen LogP contribution in [-0.2, 0) is 0 Å². The molecule has 1 aliphatic carbocycles. The summed E-state index contributed by atoms with van der Waals surface area (Å²) in [5, 5.41) is 1.25. The fourth-order valence-electron chi connectivity index (χ4n) is 2.36. The zero-order chi connectivity index (χ0) is 13.2. The molecular formula is C14H15FN2S2. The third kappa shape index (κ3) is 2.77. The van der Waals surface area contributed by atoms with Gasteiger partial charge in [-0.15, -0.1) is 0 Å². The molecule has 2 nitrogen and oxygen atoms in total. The van der Waals surface area contributed by atoms with Crippen molar-refractivity contribution in [3.63, 3.8) is 0 Å². The molecule has 0 atom stereocenters. The first-order valence-corrected chi connectivity index (χ1v) is 8.11. The first-order chi connectivity index (χ1) is 9.24. The van der Waals surface area contributed by atoms with Crippen LogP contribution in [0.3, 0.4) is 0 Å². The minimum Gasteiger partial charge on any atom is -0.389 e. The molecular weight excluding hydrogens is 279 g/mol. The minimum absolute atomic E-state index is 0.267. The summed E-state index contributed by atoms with van der Waals surface area (Å²) >= 11 is 3.26. The second kappa shape index (κ2) is 5.51. The van der Waals surface area contributed by atoms with Crippen molar-refractivity contribution < 1.29 is 4.39 Å². The van der Waals surface area contributed by atoms with Crippen molar-refractivity contribution in [3.05, 3.63) is 30.1 Å². The maximum atomic E-state index is 13.8. The number of thiazole rings is 1. The summed E-state index contributed by atoms with van der Waals surface area (Å²) in [4.78, 5) is 4.52. The summed E-state index contributed by atoms with van der Waals surface area (Å²) in [6.45, 7) is 0. The number of aromatic nitrogens is 1. The molecule has 0 unspecified atom stereocenters. The zero-order valence-electron chi connectivity index (χ0n) is 10.4. The van der Waals surface area contributed by atoms with Crippen LogP contribution in [0.25, 0.3) is 11.3 Å². The summed E-state index contributed by atoms with van der Waals surface area (Å²) in [7, 11) is 0. The number of hydrogen-bond donors (Lipinski definition) is 1. The van der Waals surface area contributed by atoms with Gasteiger partial charge in [0.15, 0.2) is 4.34 Å². The molecule has 2 aromatic rings. The molecule has 0 amide bonds. The number of rotatable bonds is 3. The van der Waals surface area contributed by atoms with Gasteiger partial charge in [0.25, 0.3) is 0 Å². The van der Waals surface area contributed by atoms with Gasteiger partial charge in [-0.1, -0.05) is 48.1 Å². The highest BCUT2D eigenvalue weighted by molar-refractivity contribution is 8.01. The number of hydrogen-bond acceptors (Lipinski definition) is 4. The van der Waals surface area contributed by atoms with Crippen molar-refractivity contribution in [2.45, 2.75) is 35.3 Å². The van der Waals surface area contributed by atoms with Crippen molar-refractivity contribution in [3.8, 4) is 11.3 Å². The van der Waals surface area contributed by atoms with E-state index in [9.17, 15) is 4.39 Å². The van der Waals surface area contributed by atoms with E-state index in [0.29, 0.717) is 21.5 Å². The fraction of sp³-hybridized carbons (Fsp3) is 0.357. The van der Waals surface area contributed by atoms with Crippen molar-refractivity contribution in [2.24, 2.45) is 0 Å². The number of nitrogens with two attached hydrogens (primary N) is 1. The lowest BCUT2D eigenvalue weighted by molar-refractivity contribution is 0.631. The molecule has 19 heavy (non-hydrogen) atoms. The molecule has 0 aliphatic heterocycles. The van der Waals surface area contributed by atoms with E-state index in [1.165, 1.54) is 43.1 Å². The van der Waals surface area contributed by atoms with Gasteiger partial charge in [-0.3, -0.25) is 0 Å². The van der Waals surface area contributed by atoms with Gasteiger partial charge in [-0.25, -0.2) is 9.37 Å². The largest absolute Gasteiger partial charge is 0.389 e. The average molecular weight is 294 g/mol. The molecule has 1 saturated carbocycles. The summed E-state index contributed by atoms with van der Waals surface area (Å²) in [6, 6.07) is 6.65. The number of benzene rings is 1. The number of anilines is 1. The molecule has 1 heterocycles. The highest BCUT2D eigenvalue weighted by Gasteiger charge is 2.20. The van der Waals surface area contributed by atoms with Crippen LogP contribution in [0.1, 0.15) is 25.7 Å². The molecule has 0 radical (unpaired) electrons. The maximum Gasteiger partial charge on any atom is 0.152 e. The van der Waals surface area contributed by atoms with E-state index < -0.39 is 0 Å². The Morgan fingerprint density at radius 2 is 2.00 bits per heavy atom. The van der Waals surface area contributed by atoms with Gasteiger partial charge >= 0.3 is 0 Å². The monoisotopic (exact) mass is 294 g/mol. The van der Waals surface area contributed by atoms with E-state index in [1.54, 1.807) is 30.0 Å². The predicted octanol–water partition coefficient (Wildman–Crippen LogP) is 4.57. The van der Waals surface area contributed by atoms with E-state index in [1.807, 2.05) is 0 Å². The number of halogens is 1. The van der Waals surface area contributed by atoms with Gasteiger partial charge in [0, 0.05) is 10.8 Å². The smallest absolute Gasteiger partial charge is 0.152 e. The topological polar surface area (TPSA) is 38.9 Å². The van der Waals surface area contributed by atoms with Crippen LogP contribution in [0.15, 0.2) is 28.6 Å². The zero-order valence-corrected chi connectivity index (χ0v) is 12.1. The number of nitrogens with zero attached hydrogens (tertiary/aromatic N) is 1. The van der Waals surface area contributed by atoms with Crippen molar-refractivity contribution >= 4 is 28.1 Å². The van der Waals surface area contributed by atoms with Gasteiger partial charge in [-0.05, 0) is 25.0 Å². The molecule has 1 fully saturated rings. The Bertz CT molecular complexity index is 577. The molecule has 0 spiro atoms. The van der Waals surface area contributed by atoms with Crippen molar-refractivity contribution in [1.29, 1.82) is 0 Å². The fourth-order valence-corrected chi connectivity index (χ4v) is 4.80. The summed E-state index contributed by atoms with van der Waals surface area (Å²) in [5.74, 6) is -0.267. The summed E-state index contributed by atoms with van der Waals surface area (Å²) in [5.41, 5.74) is 7.07. The Morgan fingerprint density at radius 1 is 1.26 bits per heavy atom. The Morgan fingerprint density at radius 3 is 2.74 bits per heavy atom. The molecule has 100 valence electrons. The number of nitrogen functional groups attached to an aromatic ring is 1. The number of thioether (sulfide) groups is 1. The molecule has 0 saturated heterocycles. The first-order valence-electron chi connectivity index (χ1n) is 6.42. The van der Waals surface area contributed by atoms with E-state index in [-0.39, 0.29) is 5.82 Å². The van der Waals surface area contributed by atoms with E-state index in [0.717, 1.165) is 4.34 Å². The van der Waals surface area contributed by atoms with Gasteiger partial charge in [0.2, 0.25) is 0 Å². The second-order valence-corrected chi connectivity index (χ2v) is 7.27. The van der Waals surface area contributed by atoms with Gasteiger partial charge in [0.05, 0.1) is 0 Å². The lowest BCUT2D eigenvalue weighted by Gasteiger charge is -2.04. The van der Waals surface area contributed by atoms with Crippen LogP contribution in [-0.4, -0.2) is 10.2 Å². The van der Waals surface area contributed by atoms with Crippen molar-refractivity contribution in [1.82, 2.24) is 4.98 Å². The SMILES string of the molecule is Nc1sc(SC2CCCC2)nc1-c1ccccc1F. The third-order valence-corrected chi connectivity index (χ3v) is 5.65. The highest BCUT2D eigenvalue weighted by Crippen LogP contribution is 2.41. The van der Waals surface area contributed by atoms with E-state index in [4.69, 9.17) is 5.73 Å². The Balaban J connectivity index is 1.87. The predicted molar refractivity (Wildman–Crippen MR) is 80.0 cm³/mol. The lowest BCUT2D eigenvalue weighted by atomic mass is 10.1. The second-order valence-electron chi connectivity index (χ2n) is 4.70. The van der Waals surface area contributed by atoms with Crippen LogP contribution in [0.4, 0.5) is 9.39 Å². The van der Waals surface area contributed by atoms with E-state index >= 15 is 0 Å². The Labute approximate surface area is 120 Å². The molecule has 1 aliphatic rings. The first kappa shape index (κ1) is 12.9. The standard InChI is InChI=1S/C14H15FN2S2/c15-11-8-4-3-7-10(11)12-13(16)19-14(17-12)18-9-5-1-2-6-9/h3-4,7-9H,1-2,5-6,16H2.